The van der Waals surface area contributed by atoms with E-state index < -0.39 is 0 Å². The maximum atomic E-state index is 11.6. The second kappa shape index (κ2) is 9.85. The second-order valence-corrected chi connectivity index (χ2v) is 4.31. The van der Waals surface area contributed by atoms with Crippen LogP contribution in [0.5, 0.6) is 0 Å². The van der Waals surface area contributed by atoms with Gasteiger partial charge in [0, 0.05) is 27.3 Å². The third kappa shape index (κ3) is 8.95. The third-order valence-electron chi connectivity index (χ3n) is 2.19. The highest BCUT2D eigenvalue weighted by Gasteiger charge is 2.13. The highest BCUT2D eigenvalue weighted by atomic mass is 16.5. The Kier molecular flexibility index (Phi) is 9.22. The molecule has 6 heteroatoms. The van der Waals surface area contributed by atoms with E-state index in [2.05, 4.69) is 5.32 Å². The highest BCUT2D eigenvalue weighted by molar-refractivity contribution is 5.85. The van der Waals surface area contributed by atoms with Gasteiger partial charge in [-0.2, -0.15) is 0 Å². The summed E-state index contributed by atoms with van der Waals surface area (Å²) < 4.78 is 10.0. The first-order chi connectivity index (χ1) is 8.47. The van der Waals surface area contributed by atoms with E-state index in [9.17, 15) is 9.59 Å². The number of ether oxygens (including phenoxy) is 2. The van der Waals surface area contributed by atoms with Gasteiger partial charge in [-0.3, -0.25) is 9.59 Å². The first-order valence-electron chi connectivity index (χ1n) is 6.08. The predicted molar refractivity (Wildman–Crippen MR) is 68.2 cm³/mol. The smallest absolute Gasteiger partial charge is 0.248 e. The number of methoxy groups -OCH3 is 1. The molecule has 0 saturated heterocycles. The van der Waals surface area contributed by atoms with E-state index in [0.717, 1.165) is 6.42 Å². The minimum Gasteiger partial charge on any atom is -0.385 e. The lowest BCUT2D eigenvalue weighted by molar-refractivity contribution is -0.139. The van der Waals surface area contributed by atoms with Crippen LogP contribution >= 0.6 is 0 Å². The lowest BCUT2D eigenvalue weighted by atomic mass is 10.4. The molecule has 0 heterocycles. The summed E-state index contributed by atoms with van der Waals surface area (Å²) in [5, 5.41) is 2.71. The molecule has 2 amide bonds. The third-order valence-corrected chi connectivity index (χ3v) is 2.19. The molecule has 0 aliphatic carbocycles. The molecule has 0 saturated carbocycles. The van der Waals surface area contributed by atoms with Gasteiger partial charge < -0.3 is 19.7 Å². The van der Waals surface area contributed by atoms with Gasteiger partial charge in [0.05, 0.1) is 12.6 Å². The number of nitrogens with zero attached hydrogens (tertiary/aromatic N) is 1. The molecule has 0 aliphatic rings. The summed E-state index contributed by atoms with van der Waals surface area (Å²) in [6, 6.07) is 0. The van der Waals surface area contributed by atoms with E-state index in [4.69, 9.17) is 9.47 Å². The number of likely N-dealkylation sites (N-methyl/N-ethyl adjacent to an activating group) is 1. The summed E-state index contributed by atoms with van der Waals surface area (Å²) in [4.78, 5) is 24.4. The van der Waals surface area contributed by atoms with Crippen molar-refractivity contribution in [2.45, 2.75) is 26.4 Å². The average molecular weight is 260 g/mol. The fourth-order valence-corrected chi connectivity index (χ4v) is 1.15. The largest absolute Gasteiger partial charge is 0.385 e. The molecule has 0 atom stereocenters. The second-order valence-electron chi connectivity index (χ2n) is 4.31. The molecule has 0 aromatic rings. The Labute approximate surface area is 109 Å². The zero-order valence-electron chi connectivity index (χ0n) is 11.7. The Balaban J connectivity index is 3.74. The minimum absolute atomic E-state index is 0.00483. The fraction of sp³-hybridized carbons (Fsp3) is 0.833. The van der Waals surface area contributed by atoms with Crippen LogP contribution in [0.15, 0.2) is 0 Å². The van der Waals surface area contributed by atoms with Gasteiger partial charge in [-0.25, -0.2) is 0 Å². The predicted octanol–water partition coefficient (Wildman–Crippen LogP) is 0.0225. The Hall–Kier alpha value is -1.14. The van der Waals surface area contributed by atoms with E-state index in [0.29, 0.717) is 13.2 Å². The van der Waals surface area contributed by atoms with Gasteiger partial charge >= 0.3 is 0 Å². The van der Waals surface area contributed by atoms with Crippen LogP contribution in [0, 0.1) is 0 Å². The SMILES string of the molecule is COCCCNC(=O)CN(C)C(=O)COC(C)C. The van der Waals surface area contributed by atoms with Crippen LogP contribution in [-0.4, -0.2) is 63.3 Å². The van der Waals surface area contributed by atoms with Gasteiger partial charge in [-0.1, -0.05) is 0 Å². The lowest BCUT2D eigenvalue weighted by Crippen LogP contribution is -2.40. The van der Waals surface area contributed by atoms with Gasteiger partial charge in [0.25, 0.3) is 0 Å². The topological polar surface area (TPSA) is 67.9 Å². The molecular formula is C12H24N2O4. The average Bonchev–Trinajstić information content (AvgIpc) is 2.31. The summed E-state index contributed by atoms with van der Waals surface area (Å²) in [7, 11) is 3.20. The number of hydrogen-bond donors (Lipinski definition) is 1. The molecule has 6 nitrogen and oxygen atoms in total. The molecule has 0 aliphatic heterocycles. The number of rotatable bonds is 9. The molecule has 1 N–H and O–H groups in total. The van der Waals surface area contributed by atoms with Crippen LogP contribution < -0.4 is 5.32 Å². The molecule has 18 heavy (non-hydrogen) atoms. The number of hydrogen-bond acceptors (Lipinski definition) is 4. The molecule has 106 valence electrons. The number of carbonyl (C=O) groups is 2. The monoisotopic (exact) mass is 260 g/mol. The molecule has 0 fully saturated rings. The minimum atomic E-state index is -0.198. The van der Waals surface area contributed by atoms with Gasteiger partial charge in [-0.15, -0.1) is 0 Å². The normalized spacial score (nSPS) is 10.5. The van der Waals surface area contributed by atoms with Crippen LogP contribution in [0.3, 0.4) is 0 Å². The molecule has 0 rings (SSSR count). The first-order valence-corrected chi connectivity index (χ1v) is 6.08. The summed E-state index contributed by atoms with van der Waals surface area (Å²) in [5.41, 5.74) is 0. The van der Waals surface area contributed by atoms with E-state index in [1.165, 1.54) is 4.90 Å². The van der Waals surface area contributed by atoms with Crippen molar-refractivity contribution in [1.29, 1.82) is 0 Å². The maximum Gasteiger partial charge on any atom is 0.248 e. The molecule has 0 unspecified atom stereocenters. The van der Waals surface area contributed by atoms with Crippen molar-refractivity contribution < 1.29 is 19.1 Å². The maximum absolute atomic E-state index is 11.6. The number of amides is 2. The Morgan fingerprint density at radius 3 is 2.56 bits per heavy atom. The van der Waals surface area contributed by atoms with Crippen LogP contribution in [0.25, 0.3) is 0 Å². The molecule has 0 spiro atoms. The zero-order chi connectivity index (χ0) is 14.0. The lowest BCUT2D eigenvalue weighted by Gasteiger charge is -2.17. The van der Waals surface area contributed by atoms with Crippen molar-refractivity contribution in [1.82, 2.24) is 10.2 Å². The zero-order valence-corrected chi connectivity index (χ0v) is 11.7. The van der Waals surface area contributed by atoms with Gasteiger partial charge in [0.1, 0.15) is 6.61 Å². The van der Waals surface area contributed by atoms with E-state index >= 15 is 0 Å². The molecule has 0 radical (unpaired) electrons. The molecular weight excluding hydrogens is 236 g/mol. The Bertz CT molecular complexity index is 256. The van der Waals surface area contributed by atoms with E-state index in [-0.39, 0.29) is 31.1 Å². The molecule has 0 aromatic heterocycles. The van der Waals surface area contributed by atoms with Crippen molar-refractivity contribution >= 4 is 11.8 Å². The van der Waals surface area contributed by atoms with Crippen molar-refractivity contribution in [3.8, 4) is 0 Å². The summed E-state index contributed by atoms with van der Waals surface area (Å²) in [5.74, 6) is -0.373. The van der Waals surface area contributed by atoms with E-state index in [1.807, 2.05) is 13.8 Å². The molecule has 0 aromatic carbocycles. The number of nitrogens with one attached hydrogen (secondary N) is 1. The van der Waals surface area contributed by atoms with Crippen LogP contribution in [0.1, 0.15) is 20.3 Å². The van der Waals surface area contributed by atoms with Crippen molar-refractivity contribution in [2.24, 2.45) is 0 Å². The van der Waals surface area contributed by atoms with Crippen molar-refractivity contribution in [3.05, 3.63) is 0 Å². The van der Waals surface area contributed by atoms with Gasteiger partial charge in [-0.05, 0) is 20.3 Å². The van der Waals surface area contributed by atoms with Gasteiger partial charge in [0.2, 0.25) is 11.8 Å². The van der Waals surface area contributed by atoms with Gasteiger partial charge in [0.15, 0.2) is 0 Å². The standard InChI is InChI=1S/C12H24N2O4/c1-10(2)18-9-12(16)14(3)8-11(15)13-6-5-7-17-4/h10H,5-9H2,1-4H3,(H,13,15). The van der Waals surface area contributed by atoms with Crippen LogP contribution in [0.2, 0.25) is 0 Å². The summed E-state index contributed by atoms with van der Waals surface area (Å²) >= 11 is 0. The summed E-state index contributed by atoms with van der Waals surface area (Å²) in [6.07, 6.45) is 0.765. The Morgan fingerprint density at radius 2 is 2.00 bits per heavy atom. The van der Waals surface area contributed by atoms with Crippen molar-refractivity contribution in [2.75, 3.05) is 40.5 Å². The summed E-state index contributed by atoms with van der Waals surface area (Å²) in [6.45, 7) is 4.93. The van der Waals surface area contributed by atoms with E-state index in [1.54, 1.807) is 14.2 Å². The Morgan fingerprint density at radius 1 is 1.33 bits per heavy atom. The number of carbonyl (C=O) groups excluding carboxylic acids is 2. The molecule has 0 bridgehead atoms. The quantitative estimate of drug-likeness (QED) is 0.594. The fourth-order valence-electron chi connectivity index (χ4n) is 1.15. The highest BCUT2D eigenvalue weighted by Crippen LogP contribution is 1.91. The van der Waals surface area contributed by atoms with Crippen LogP contribution in [0.4, 0.5) is 0 Å². The van der Waals surface area contributed by atoms with Crippen molar-refractivity contribution in [3.63, 3.8) is 0 Å². The first kappa shape index (κ1) is 16.9. The van der Waals surface area contributed by atoms with Crippen LogP contribution in [-0.2, 0) is 19.1 Å².